The minimum Gasteiger partial charge on any atom is -0.321 e. The summed E-state index contributed by atoms with van der Waals surface area (Å²) in [6.07, 6.45) is 1.64. The zero-order chi connectivity index (χ0) is 14.8. The number of aromatic nitrogens is 1. The molecule has 0 aliphatic heterocycles. The number of nitrogens with zero attached hydrogens (tertiary/aromatic N) is 1. The van der Waals surface area contributed by atoms with E-state index in [1.165, 1.54) is 16.9 Å². The van der Waals surface area contributed by atoms with Crippen molar-refractivity contribution in [2.75, 3.05) is 5.32 Å². The van der Waals surface area contributed by atoms with Gasteiger partial charge < -0.3 is 5.32 Å². The van der Waals surface area contributed by atoms with Crippen molar-refractivity contribution in [3.05, 3.63) is 57.9 Å². The van der Waals surface area contributed by atoms with Gasteiger partial charge in [0.2, 0.25) is 0 Å². The lowest BCUT2D eigenvalue weighted by Gasteiger charge is -2.07. The van der Waals surface area contributed by atoms with Gasteiger partial charge >= 0.3 is 0 Å². The average molecular weight is 314 g/mol. The predicted octanol–water partition coefficient (Wildman–Crippen LogP) is 4.74. The molecule has 2 aromatic heterocycles. The number of carbonyl (C=O) groups excluding carboxylic acids is 1. The topological polar surface area (TPSA) is 42.0 Å². The summed E-state index contributed by atoms with van der Waals surface area (Å²) in [6.45, 7) is 4.03. The summed E-state index contributed by atoms with van der Waals surface area (Å²) in [5.74, 6) is -0.109. The smallest absolute Gasteiger partial charge is 0.267 e. The van der Waals surface area contributed by atoms with E-state index in [4.69, 9.17) is 0 Å². The number of nitrogens with one attached hydrogen (secondary N) is 1. The first-order valence-electron chi connectivity index (χ1n) is 6.52. The van der Waals surface area contributed by atoms with Crippen LogP contribution in [-0.2, 0) is 0 Å². The minimum atomic E-state index is -0.109. The Morgan fingerprint density at radius 1 is 1.24 bits per heavy atom. The summed E-state index contributed by atoms with van der Waals surface area (Å²) in [4.78, 5) is 18.3. The van der Waals surface area contributed by atoms with Crippen molar-refractivity contribution in [3.8, 4) is 9.88 Å². The molecule has 0 radical (unpaired) electrons. The fraction of sp³-hybridized carbons (Fsp3) is 0.125. The van der Waals surface area contributed by atoms with Crippen molar-refractivity contribution in [3.63, 3.8) is 0 Å². The first-order chi connectivity index (χ1) is 10.1. The highest BCUT2D eigenvalue weighted by Crippen LogP contribution is 2.29. The SMILES string of the molecule is Cc1ccc(NC(=O)c2cnc(-c3cccs3)s2)c(C)c1. The van der Waals surface area contributed by atoms with Crippen LogP contribution in [0.25, 0.3) is 9.88 Å². The molecule has 0 atom stereocenters. The zero-order valence-electron chi connectivity index (χ0n) is 11.7. The molecule has 1 N–H and O–H groups in total. The van der Waals surface area contributed by atoms with Crippen molar-refractivity contribution < 1.29 is 4.79 Å². The van der Waals surface area contributed by atoms with Gasteiger partial charge in [0.1, 0.15) is 9.88 Å². The van der Waals surface area contributed by atoms with E-state index in [-0.39, 0.29) is 5.91 Å². The Balaban J connectivity index is 1.79. The van der Waals surface area contributed by atoms with Gasteiger partial charge in [-0.05, 0) is 36.9 Å². The molecule has 0 aliphatic carbocycles. The van der Waals surface area contributed by atoms with Gasteiger partial charge in [-0.25, -0.2) is 4.98 Å². The third-order valence-electron chi connectivity index (χ3n) is 3.09. The Labute approximate surface area is 131 Å². The molecule has 3 rings (SSSR count). The van der Waals surface area contributed by atoms with Gasteiger partial charge in [-0.2, -0.15) is 0 Å². The first-order valence-corrected chi connectivity index (χ1v) is 8.21. The number of aryl methyl sites for hydroxylation is 2. The maximum Gasteiger partial charge on any atom is 0.267 e. The number of thiophene rings is 1. The molecule has 0 spiro atoms. The second kappa shape index (κ2) is 5.79. The maximum atomic E-state index is 12.3. The summed E-state index contributed by atoms with van der Waals surface area (Å²) >= 11 is 3.04. The molecule has 0 bridgehead atoms. The van der Waals surface area contributed by atoms with E-state index in [1.54, 1.807) is 17.5 Å². The Morgan fingerprint density at radius 3 is 2.81 bits per heavy atom. The van der Waals surface area contributed by atoms with Gasteiger partial charge in [0.05, 0.1) is 11.1 Å². The summed E-state index contributed by atoms with van der Waals surface area (Å²) in [5, 5.41) is 5.84. The molecule has 0 fully saturated rings. The van der Waals surface area contributed by atoms with Crippen LogP contribution >= 0.6 is 22.7 Å². The number of rotatable bonds is 3. The highest BCUT2D eigenvalue weighted by Gasteiger charge is 2.13. The van der Waals surface area contributed by atoms with Gasteiger partial charge in [-0.3, -0.25) is 4.79 Å². The summed E-state index contributed by atoms with van der Waals surface area (Å²) in [6, 6.07) is 9.97. The molecule has 2 heterocycles. The lowest BCUT2D eigenvalue weighted by Crippen LogP contribution is -2.11. The third kappa shape index (κ3) is 3.04. The Hall–Kier alpha value is -1.98. The molecule has 1 amide bonds. The molecule has 0 unspecified atom stereocenters. The molecular formula is C16H14N2OS2. The number of thiazole rings is 1. The predicted molar refractivity (Wildman–Crippen MR) is 89.3 cm³/mol. The summed E-state index contributed by atoms with van der Waals surface area (Å²) in [5.41, 5.74) is 3.09. The number of benzene rings is 1. The molecule has 21 heavy (non-hydrogen) atoms. The standard InChI is InChI=1S/C16H14N2OS2/c1-10-5-6-12(11(2)8-10)18-15(19)14-9-17-16(21-14)13-4-3-7-20-13/h3-9H,1-2H3,(H,18,19). The summed E-state index contributed by atoms with van der Waals surface area (Å²) in [7, 11) is 0. The Kier molecular flexibility index (Phi) is 3.86. The van der Waals surface area contributed by atoms with Crippen LogP contribution in [0.2, 0.25) is 0 Å². The van der Waals surface area contributed by atoms with E-state index < -0.39 is 0 Å². The molecule has 1 aromatic carbocycles. The van der Waals surface area contributed by atoms with E-state index in [9.17, 15) is 4.79 Å². The number of hydrogen-bond donors (Lipinski definition) is 1. The van der Waals surface area contributed by atoms with Gasteiger partial charge in [-0.15, -0.1) is 22.7 Å². The molecule has 106 valence electrons. The zero-order valence-corrected chi connectivity index (χ0v) is 13.3. The van der Waals surface area contributed by atoms with Gasteiger partial charge in [0, 0.05) is 5.69 Å². The van der Waals surface area contributed by atoms with Crippen LogP contribution < -0.4 is 5.32 Å². The lowest BCUT2D eigenvalue weighted by molar-refractivity contribution is 0.103. The van der Waals surface area contributed by atoms with E-state index in [0.29, 0.717) is 4.88 Å². The molecular weight excluding hydrogens is 300 g/mol. The van der Waals surface area contributed by atoms with Gasteiger partial charge in [-0.1, -0.05) is 23.8 Å². The van der Waals surface area contributed by atoms with E-state index in [1.807, 2.05) is 43.5 Å². The molecule has 0 saturated heterocycles. The minimum absolute atomic E-state index is 0.109. The Morgan fingerprint density at radius 2 is 2.10 bits per heavy atom. The first kappa shape index (κ1) is 14.0. The van der Waals surface area contributed by atoms with Crippen molar-refractivity contribution in [2.45, 2.75) is 13.8 Å². The second-order valence-electron chi connectivity index (χ2n) is 4.78. The molecule has 0 saturated carbocycles. The largest absolute Gasteiger partial charge is 0.321 e. The van der Waals surface area contributed by atoms with Crippen LogP contribution in [0.3, 0.4) is 0 Å². The fourth-order valence-corrected chi connectivity index (χ4v) is 3.65. The number of amides is 1. The number of anilines is 1. The van der Waals surface area contributed by atoms with Crippen LogP contribution in [-0.4, -0.2) is 10.9 Å². The number of carbonyl (C=O) groups is 1. The summed E-state index contributed by atoms with van der Waals surface area (Å²) < 4.78 is 0. The quantitative estimate of drug-likeness (QED) is 0.758. The third-order valence-corrected chi connectivity index (χ3v) is 5.13. The van der Waals surface area contributed by atoms with Crippen LogP contribution in [0, 0.1) is 13.8 Å². The van der Waals surface area contributed by atoms with Crippen LogP contribution in [0.15, 0.2) is 41.9 Å². The van der Waals surface area contributed by atoms with Crippen molar-refractivity contribution >= 4 is 34.3 Å². The number of hydrogen-bond acceptors (Lipinski definition) is 4. The fourth-order valence-electron chi connectivity index (χ4n) is 2.03. The van der Waals surface area contributed by atoms with Crippen molar-refractivity contribution in [2.24, 2.45) is 0 Å². The van der Waals surface area contributed by atoms with E-state index in [0.717, 1.165) is 21.1 Å². The lowest BCUT2D eigenvalue weighted by atomic mass is 10.1. The normalized spacial score (nSPS) is 10.6. The average Bonchev–Trinajstić information content (AvgIpc) is 3.10. The van der Waals surface area contributed by atoms with Gasteiger partial charge in [0.15, 0.2) is 0 Å². The van der Waals surface area contributed by atoms with E-state index in [2.05, 4.69) is 16.4 Å². The molecule has 0 aliphatic rings. The highest BCUT2D eigenvalue weighted by atomic mass is 32.1. The van der Waals surface area contributed by atoms with Crippen molar-refractivity contribution in [1.29, 1.82) is 0 Å². The molecule has 3 aromatic rings. The maximum absolute atomic E-state index is 12.3. The molecule has 5 heteroatoms. The van der Waals surface area contributed by atoms with E-state index >= 15 is 0 Å². The van der Waals surface area contributed by atoms with Crippen LogP contribution in [0.5, 0.6) is 0 Å². The Bertz CT molecular complexity index is 775. The van der Waals surface area contributed by atoms with Crippen molar-refractivity contribution in [1.82, 2.24) is 4.98 Å². The van der Waals surface area contributed by atoms with Gasteiger partial charge in [0.25, 0.3) is 5.91 Å². The highest BCUT2D eigenvalue weighted by molar-refractivity contribution is 7.22. The van der Waals surface area contributed by atoms with Crippen LogP contribution in [0.4, 0.5) is 5.69 Å². The monoisotopic (exact) mass is 314 g/mol. The van der Waals surface area contributed by atoms with Crippen LogP contribution in [0.1, 0.15) is 20.8 Å². The second-order valence-corrected chi connectivity index (χ2v) is 6.76. The molecule has 3 nitrogen and oxygen atoms in total.